The van der Waals surface area contributed by atoms with Crippen molar-refractivity contribution in [3.05, 3.63) is 22.4 Å². The van der Waals surface area contributed by atoms with Crippen LogP contribution < -0.4 is 0 Å². The lowest BCUT2D eigenvalue weighted by atomic mass is 10.2. The largest absolute Gasteiger partial charge is 0.389 e. The van der Waals surface area contributed by atoms with Gasteiger partial charge in [-0.2, -0.15) is 13.2 Å². The van der Waals surface area contributed by atoms with Crippen molar-refractivity contribution in [2.45, 2.75) is 23.8 Å². The van der Waals surface area contributed by atoms with Gasteiger partial charge in [0.05, 0.1) is 0 Å². The maximum atomic E-state index is 11.8. The zero-order valence-electron chi connectivity index (χ0n) is 6.64. The molecular formula is C8H8BrF3S. The minimum atomic E-state index is -4.05. The fourth-order valence-corrected chi connectivity index (χ4v) is 2.34. The van der Waals surface area contributed by atoms with Gasteiger partial charge in [-0.15, -0.1) is 11.3 Å². The zero-order valence-corrected chi connectivity index (χ0v) is 9.05. The lowest BCUT2D eigenvalue weighted by Crippen LogP contribution is -2.07. The van der Waals surface area contributed by atoms with E-state index in [0.717, 1.165) is 4.88 Å². The predicted octanol–water partition coefficient (Wildman–Crippen LogP) is 4.53. The third-order valence-corrected chi connectivity index (χ3v) is 3.77. The van der Waals surface area contributed by atoms with Gasteiger partial charge in [0.15, 0.2) is 0 Å². The molecule has 0 spiro atoms. The summed E-state index contributed by atoms with van der Waals surface area (Å²) in [5.41, 5.74) is 0. The van der Waals surface area contributed by atoms with Gasteiger partial charge in [0.2, 0.25) is 0 Å². The van der Waals surface area contributed by atoms with Crippen molar-refractivity contribution in [2.75, 3.05) is 0 Å². The molecule has 0 saturated carbocycles. The highest BCUT2D eigenvalue weighted by Gasteiger charge is 2.28. The second-order valence-electron chi connectivity index (χ2n) is 2.64. The Bertz CT molecular complexity index is 242. The van der Waals surface area contributed by atoms with Gasteiger partial charge in [-0.1, -0.05) is 22.0 Å². The maximum Gasteiger partial charge on any atom is 0.389 e. The first-order valence-corrected chi connectivity index (χ1v) is 5.53. The Morgan fingerprint density at radius 3 is 2.62 bits per heavy atom. The Morgan fingerprint density at radius 2 is 2.15 bits per heavy atom. The van der Waals surface area contributed by atoms with Crippen LogP contribution in [0.15, 0.2) is 17.5 Å². The van der Waals surface area contributed by atoms with Gasteiger partial charge >= 0.3 is 6.18 Å². The molecule has 1 heterocycles. The van der Waals surface area contributed by atoms with Crippen LogP contribution >= 0.6 is 27.3 Å². The van der Waals surface area contributed by atoms with E-state index in [1.807, 2.05) is 17.5 Å². The summed E-state index contributed by atoms with van der Waals surface area (Å²) in [6, 6.07) is 3.67. The summed E-state index contributed by atoms with van der Waals surface area (Å²) in [5.74, 6) is 0. The molecule has 0 aliphatic carbocycles. The Kier molecular flexibility index (Phi) is 3.79. The first kappa shape index (κ1) is 11.0. The maximum absolute atomic E-state index is 11.8. The van der Waals surface area contributed by atoms with Crippen molar-refractivity contribution in [3.8, 4) is 0 Å². The molecule has 0 aliphatic heterocycles. The van der Waals surface area contributed by atoms with E-state index in [1.54, 1.807) is 0 Å². The Hall–Kier alpha value is -0.0300. The summed E-state index contributed by atoms with van der Waals surface area (Å²) in [4.78, 5) is 0.776. The molecule has 0 fully saturated rings. The molecule has 0 amide bonds. The summed E-state index contributed by atoms with van der Waals surface area (Å²) in [6.45, 7) is 0. The highest BCUT2D eigenvalue weighted by molar-refractivity contribution is 9.09. The van der Waals surface area contributed by atoms with Crippen LogP contribution in [0.4, 0.5) is 13.2 Å². The second-order valence-corrected chi connectivity index (χ2v) is 4.72. The molecule has 1 aromatic rings. The molecule has 0 aliphatic rings. The molecule has 0 N–H and O–H groups in total. The Balaban J connectivity index is 2.39. The highest BCUT2D eigenvalue weighted by atomic mass is 79.9. The number of hydrogen-bond donors (Lipinski definition) is 0. The van der Waals surface area contributed by atoms with Crippen LogP contribution in [0.2, 0.25) is 0 Å². The van der Waals surface area contributed by atoms with E-state index in [1.165, 1.54) is 11.3 Å². The van der Waals surface area contributed by atoms with E-state index in [-0.39, 0.29) is 11.2 Å². The molecule has 74 valence electrons. The summed E-state index contributed by atoms with van der Waals surface area (Å²) in [7, 11) is 0. The molecule has 5 heteroatoms. The van der Waals surface area contributed by atoms with Crippen LogP contribution in [0.5, 0.6) is 0 Å². The van der Waals surface area contributed by atoms with Crippen molar-refractivity contribution in [2.24, 2.45) is 0 Å². The summed E-state index contributed by atoms with van der Waals surface area (Å²) in [5, 5.41) is 1.86. The van der Waals surface area contributed by atoms with Crippen molar-refractivity contribution >= 4 is 27.3 Å². The van der Waals surface area contributed by atoms with Gasteiger partial charge in [0.1, 0.15) is 0 Å². The predicted molar refractivity (Wildman–Crippen MR) is 51.3 cm³/mol. The minimum absolute atomic E-state index is 0.101. The zero-order chi connectivity index (χ0) is 9.90. The monoisotopic (exact) mass is 272 g/mol. The fraction of sp³-hybridized carbons (Fsp3) is 0.500. The molecule has 0 nitrogen and oxygen atoms in total. The average Bonchev–Trinajstić information content (AvgIpc) is 2.50. The van der Waals surface area contributed by atoms with E-state index >= 15 is 0 Å². The third kappa shape index (κ3) is 4.13. The van der Waals surface area contributed by atoms with Crippen LogP contribution in [0, 0.1) is 0 Å². The topological polar surface area (TPSA) is 0 Å². The lowest BCUT2D eigenvalue weighted by molar-refractivity contribution is -0.135. The average molecular weight is 273 g/mol. The van der Waals surface area contributed by atoms with Crippen LogP contribution in [0.1, 0.15) is 22.5 Å². The highest BCUT2D eigenvalue weighted by Crippen LogP contribution is 2.34. The molecule has 1 aromatic heterocycles. The van der Waals surface area contributed by atoms with Gasteiger partial charge in [0, 0.05) is 16.1 Å². The smallest absolute Gasteiger partial charge is 0.171 e. The lowest BCUT2D eigenvalue weighted by Gasteiger charge is -2.09. The van der Waals surface area contributed by atoms with Gasteiger partial charge < -0.3 is 0 Å². The molecule has 0 bridgehead atoms. The van der Waals surface area contributed by atoms with E-state index in [0.29, 0.717) is 0 Å². The molecule has 1 unspecified atom stereocenters. The van der Waals surface area contributed by atoms with Gasteiger partial charge in [0.25, 0.3) is 0 Å². The van der Waals surface area contributed by atoms with E-state index in [9.17, 15) is 13.2 Å². The first-order valence-electron chi connectivity index (χ1n) is 3.73. The van der Waals surface area contributed by atoms with Crippen LogP contribution in [-0.4, -0.2) is 6.18 Å². The number of halogens is 4. The first-order chi connectivity index (χ1) is 5.99. The van der Waals surface area contributed by atoms with E-state index in [4.69, 9.17) is 0 Å². The van der Waals surface area contributed by atoms with Crippen LogP contribution in [0.3, 0.4) is 0 Å². The summed E-state index contributed by atoms with van der Waals surface area (Å²) in [6.07, 6.45) is -4.69. The van der Waals surface area contributed by atoms with Crippen molar-refractivity contribution < 1.29 is 13.2 Å². The standard InChI is InChI=1S/C8H8BrF3S/c9-6(3-4-8(10,11)12)7-2-1-5-13-7/h1-2,5-6H,3-4H2. The normalized spacial score (nSPS) is 14.5. The van der Waals surface area contributed by atoms with Crippen LogP contribution in [-0.2, 0) is 0 Å². The summed E-state index contributed by atoms with van der Waals surface area (Å²) < 4.78 is 35.5. The Morgan fingerprint density at radius 1 is 1.46 bits per heavy atom. The molecular weight excluding hydrogens is 265 g/mol. The molecule has 1 atom stereocenters. The van der Waals surface area contributed by atoms with Crippen molar-refractivity contribution in [1.29, 1.82) is 0 Å². The van der Waals surface area contributed by atoms with E-state index < -0.39 is 12.6 Å². The number of hydrogen-bond acceptors (Lipinski definition) is 1. The van der Waals surface area contributed by atoms with Crippen LogP contribution in [0.25, 0.3) is 0 Å². The van der Waals surface area contributed by atoms with Gasteiger partial charge in [-0.05, 0) is 17.9 Å². The van der Waals surface area contributed by atoms with Gasteiger partial charge in [-0.25, -0.2) is 0 Å². The SMILES string of the molecule is FC(F)(F)CCC(Br)c1cccs1. The van der Waals surface area contributed by atoms with Crippen molar-refractivity contribution in [3.63, 3.8) is 0 Å². The molecule has 0 aromatic carbocycles. The minimum Gasteiger partial charge on any atom is -0.171 e. The fourth-order valence-electron chi connectivity index (χ4n) is 0.902. The number of alkyl halides is 4. The third-order valence-electron chi connectivity index (χ3n) is 1.53. The molecule has 1 rings (SSSR count). The quantitative estimate of drug-likeness (QED) is 0.710. The Labute approximate surface area is 86.9 Å². The molecule has 0 radical (unpaired) electrons. The van der Waals surface area contributed by atoms with Gasteiger partial charge in [-0.3, -0.25) is 0 Å². The second kappa shape index (κ2) is 4.46. The molecule has 0 saturated heterocycles. The molecule has 13 heavy (non-hydrogen) atoms. The number of thiophene rings is 1. The van der Waals surface area contributed by atoms with E-state index in [2.05, 4.69) is 15.9 Å². The van der Waals surface area contributed by atoms with Crippen molar-refractivity contribution in [1.82, 2.24) is 0 Å². The summed E-state index contributed by atoms with van der Waals surface area (Å²) >= 11 is 4.70. The number of rotatable bonds is 3.